The zero-order valence-electron chi connectivity index (χ0n) is 24.8. The molecular weight excluding hydrogens is 538 g/mol. The van der Waals surface area contributed by atoms with Crippen LogP contribution in [0.1, 0.15) is 62.8 Å². The van der Waals surface area contributed by atoms with E-state index in [2.05, 4.69) is 57.2 Å². The fraction of sp³-hybridized carbons (Fsp3) is 0.516. The normalized spacial score (nSPS) is 18.9. The van der Waals surface area contributed by atoms with Gasteiger partial charge in [0.15, 0.2) is 5.11 Å². The van der Waals surface area contributed by atoms with Crippen molar-refractivity contribution < 1.29 is 19.1 Å². The van der Waals surface area contributed by atoms with Gasteiger partial charge in [0.25, 0.3) is 0 Å². The van der Waals surface area contributed by atoms with Crippen LogP contribution in [0.2, 0.25) is 0 Å². The van der Waals surface area contributed by atoms with Gasteiger partial charge >= 0.3 is 6.09 Å². The van der Waals surface area contributed by atoms with Crippen LogP contribution < -0.4 is 25.6 Å². The molecule has 2 aromatic carbocycles. The van der Waals surface area contributed by atoms with Crippen molar-refractivity contribution in [3.05, 3.63) is 59.2 Å². The highest BCUT2D eigenvalue weighted by atomic mass is 32.1. The number of alkyl carbamates (subject to hydrolysis) is 1. The van der Waals surface area contributed by atoms with Crippen molar-refractivity contribution in [2.75, 3.05) is 38.7 Å². The van der Waals surface area contributed by atoms with E-state index in [4.69, 9.17) is 21.7 Å². The number of fused-ring (bicyclic) bond motifs is 1. The molecule has 1 saturated heterocycles. The number of likely N-dealkylation sites (tertiary alicyclic amines) is 1. The molecule has 0 bridgehead atoms. The molecule has 0 unspecified atom stereocenters. The van der Waals surface area contributed by atoms with Crippen LogP contribution in [0.3, 0.4) is 0 Å². The zero-order chi connectivity index (χ0) is 29.6. The second kappa shape index (κ2) is 13.5. The van der Waals surface area contributed by atoms with E-state index in [1.54, 1.807) is 12.0 Å². The number of piperidine rings is 1. The second-order valence-corrected chi connectivity index (χ2v) is 12.0. The van der Waals surface area contributed by atoms with E-state index in [9.17, 15) is 9.59 Å². The predicted octanol–water partition coefficient (Wildman–Crippen LogP) is 4.30. The number of amides is 2. The zero-order valence-corrected chi connectivity index (χ0v) is 25.6. The molecule has 2 aliphatic heterocycles. The summed E-state index contributed by atoms with van der Waals surface area (Å²) in [7, 11) is 3.53. The molecule has 3 N–H and O–H groups in total. The highest BCUT2D eigenvalue weighted by Gasteiger charge is 2.34. The molecule has 222 valence electrons. The maximum atomic E-state index is 12.3. The predicted molar refractivity (Wildman–Crippen MR) is 165 cm³/mol. The number of aryl methyl sites for hydroxylation is 1. The summed E-state index contributed by atoms with van der Waals surface area (Å²) in [5.41, 5.74) is 3.75. The molecule has 2 atom stereocenters. The summed E-state index contributed by atoms with van der Waals surface area (Å²) < 4.78 is 11.1. The number of hydrogen-bond donors (Lipinski definition) is 3. The van der Waals surface area contributed by atoms with Crippen molar-refractivity contribution in [1.29, 1.82) is 0 Å². The first-order chi connectivity index (χ1) is 19.6. The van der Waals surface area contributed by atoms with E-state index < -0.39 is 11.7 Å². The number of ether oxygens (including phenoxy) is 2. The summed E-state index contributed by atoms with van der Waals surface area (Å²) in [6.07, 6.45) is 2.78. The first-order valence-electron chi connectivity index (χ1n) is 14.3. The van der Waals surface area contributed by atoms with E-state index in [1.165, 1.54) is 5.56 Å². The van der Waals surface area contributed by atoms with Crippen LogP contribution in [0.4, 0.5) is 10.5 Å². The lowest BCUT2D eigenvalue weighted by atomic mass is 9.90. The van der Waals surface area contributed by atoms with Gasteiger partial charge in [-0.2, -0.15) is 0 Å². The minimum absolute atomic E-state index is 0.0247. The van der Waals surface area contributed by atoms with Gasteiger partial charge in [-0.3, -0.25) is 4.79 Å². The van der Waals surface area contributed by atoms with Crippen LogP contribution >= 0.6 is 12.2 Å². The van der Waals surface area contributed by atoms with E-state index >= 15 is 0 Å². The third-order valence-corrected chi connectivity index (χ3v) is 7.86. The summed E-state index contributed by atoms with van der Waals surface area (Å²) in [5, 5.41) is 10.6. The van der Waals surface area contributed by atoms with Crippen molar-refractivity contribution in [1.82, 2.24) is 20.9 Å². The standard InChI is InChI=1S/C31H43N5O4S/c1-31(2,3)40-30(38)33-16-15-32-29(41)36-17-9-12-24(28(36)21-10-7-6-8-11-21)34-20-23-18-25-22(19-26(23)39-5)13-14-27(37)35(25)4/h6-8,10-11,18-19,24,28,34H,9,12-17,20H2,1-5H3,(H,32,41)(H,33,38)/t24-,28-/m0/s1. The number of hydrogen-bond acceptors (Lipinski definition) is 6. The smallest absolute Gasteiger partial charge is 0.407 e. The molecule has 0 aliphatic carbocycles. The number of carbonyl (C=O) groups excluding carboxylic acids is 2. The number of thiocarbonyl (C=S) groups is 1. The van der Waals surface area contributed by atoms with Gasteiger partial charge in [0.05, 0.1) is 13.2 Å². The maximum absolute atomic E-state index is 12.3. The molecule has 9 nitrogen and oxygen atoms in total. The van der Waals surface area contributed by atoms with Crippen LogP contribution in [-0.4, -0.2) is 67.4 Å². The van der Waals surface area contributed by atoms with Crippen molar-refractivity contribution in [2.45, 2.75) is 70.7 Å². The van der Waals surface area contributed by atoms with E-state index in [-0.39, 0.29) is 18.0 Å². The molecule has 2 heterocycles. The van der Waals surface area contributed by atoms with Crippen molar-refractivity contribution in [3.63, 3.8) is 0 Å². The summed E-state index contributed by atoms with van der Waals surface area (Å²) in [5.74, 6) is 0.966. The Labute approximate surface area is 248 Å². The third kappa shape index (κ3) is 7.89. The number of benzene rings is 2. The number of methoxy groups -OCH3 is 1. The first kappa shape index (κ1) is 30.6. The summed E-state index contributed by atoms with van der Waals surface area (Å²) in [6, 6.07) is 14.7. The number of nitrogens with zero attached hydrogens (tertiary/aromatic N) is 2. The van der Waals surface area contributed by atoms with E-state index in [1.807, 2.05) is 33.9 Å². The molecule has 2 amide bonds. The minimum Gasteiger partial charge on any atom is -0.496 e. The Kier molecular flexibility index (Phi) is 10.1. The van der Waals surface area contributed by atoms with Crippen molar-refractivity contribution in [2.24, 2.45) is 0 Å². The van der Waals surface area contributed by atoms with Crippen molar-refractivity contribution in [3.8, 4) is 5.75 Å². The molecule has 1 fully saturated rings. The van der Waals surface area contributed by atoms with Crippen LogP contribution in [0.5, 0.6) is 5.75 Å². The average molecular weight is 582 g/mol. The highest BCUT2D eigenvalue weighted by molar-refractivity contribution is 7.80. The topological polar surface area (TPSA) is 95.2 Å². The Balaban J connectivity index is 1.46. The van der Waals surface area contributed by atoms with Crippen LogP contribution in [0, 0.1) is 0 Å². The third-order valence-electron chi connectivity index (χ3n) is 7.48. The van der Waals surface area contributed by atoms with Gasteiger partial charge in [-0.1, -0.05) is 30.3 Å². The Morgan fingerprint density at radius 1 is 1.10 bits per heavy atom. The Hall–Kier alpha value is -3.37. The molecular formula is C31H43N5O4S. The molecule has 2 aliphatic rings. The molecule has 0 radical (unpaired) electrons. The van der Waals surface area contributed by atoms with Gasteiger partial charge in [0.2, 0.25) is 5.91 Å². The Morgan fingerprint density at radius 2 is 1.83 bits per heavy atom. The van der Waals surface area contributed by atoms with Crippen LogP contribution in [0.25, 0.3) is 0 Å². The lowest BCUT2D eigenvalue weighted by Gasteiger charge is -2.43. The number of anilines is 1. The highest BCUT2D eigenvalue weighted by Crippen LogP contribution is 2.35. The Morgan fingerprint density at radius 3 is 2.54 bits per heavy atom. The molecule has 0 saturated carbocycles. The minimum atomic E-state index is -0.540. The largest absolute Gasteiger partial charge is 0.496 e. The van der Waals surface area contributed by atoms with E-state index in [0.717, 1.165) is 48.4 Å². The van der Waals surface area contributed by atoms with Gasteiger partial charge in [0, 0.05) is 56.9 Å². The molecule has 0 aromatic heterocycles. The number of nitrogens with one attached hydrogen (secondary N) is 3. The molecule has 0 spiro atoms. The Bertz CT molecular complexity index is 1230. The summed E-state index contributed by atoms with van der Waals surface area (Å²) in [6.45, 7) is 7.84. The molecule has 10 heteroatoms. The average Bonchev–Trinajstić information content (AvgIpc) is 2.95. The SMILES string of the molecule is COc1cc2c(cc1CN[C@H]1CCCN(C(=S)NCCNC(=O)OC(C)(C)C)[C@H]1c1ccccc1)N(C)C(=O)CC2. The van der Waals surface area contributed by atoms with Crippen LogP contribution in [0.15, 0.2) is 42.5 Å². The summed E-state index contributed by atoms with van der Waals surface area (Å²) >= 11 is 5.86. The maximum Gasteiger partial charge on any atom is 0.407 e. The fourth-order valence-electron chi connectivity index (χ4n) is 5.53. The van der Waals surface area contributed by atoms with Gasteiger partial charge in [0.1, 0.15) is 11.4 Å². The fourth-order valence-corrected chi connectivity index (χ4v) is 5.84. The summed E-state index contributed by atoms with van der Waals surface area (Å²) in [4.78, 5) is 28.3. The van der Waals surface area contributed by atoms with Crippen molar-refractivity contribution >= 4 is 35.0 Å². The number of rotatable bonds is 8. The van der Waals surface area contributed by atoms with Gasteiger partial charge in [-0.15, -0.1) is 0 Å². The lowest BCUT2D eigenvalue weighted by Crippen LogP contribution is -2.53. The van der Waals surface area contributed by atoms with E-state index in [0.29, 0.717) is 31.2 Å². The monoisotopic (exact) mass is 581 g/mol. The van der Waals surface area contributed by atoms with Gasteiger partial charge in [-0.05, 0) is 75.5 Å². The number of carbonyl (C=O) groups is 2. The molecule has 41 heavy (non-hydrogen) atoms. The van der Waals surface area contributed by atoms with Gasteiger partial charge in [-0.25, -0.2) is 4.79 Å². The first-order valence-corrected chi connectivity index (χ1v) is 14.7. The molecule has 2 aromatic rings. The quantitative estimate of drug-likeness (QED) is 0.314. The second-order valence-electron chi connectivity index (χ2n) is 11.6. The van der Waals surface area contributed by atoms with Crippen LogP contribution in [-0.2, 0) is 22.5 Å². The van der Waals surface area contributed by atoms with Gasteiger partial charge < -0.3 is 35.2 Å². The lowest BCUT2D eigenvalue weighted by molar-refractivity contribution is -0.118. The molecule has 4 rings (SSSR count).